The molecule has 5 heteroatoms. The fourth-order valence-electron chi connectivity index (χ4n) is 4.97. The molecule has 27 heavy (non-hydrogen) atoms. The largest absolute Gasteiger partial charge is 0.497 e. The third kappa shape index (κ3) is 3.30. The van der Waals surface area contributed by atoms with Gasteiger partial charge in [-0.1, -0.05) is 18.6 Å². The first-order valence-electron chi connectivity index (χ1n) is 9.71. The van der Waals surface area contributed by atoms with Crippen LogP contribution in [-0.2, 0) is 12.1 Å². The summed E-state index contributed by atoms with van der Waals surface area (Å²) < 4.78 is 10.9. The molecule has 1 aromatic heterocycles. The van der Waals surface area contributed by atoms with Gasteiger partial charge in [0.2, 0.25) is 0 Å². The lowest BCUT2D eigenvalue weighted by molar-refractivity contribution is -0.148. The van der Waals surface area contributed by atoms with E-state index < -0.39 is 5.60 Å². The van der Waals surface area contributed by atoms with Crippen LogP contribution in [-0.4, -0.2) is 42.3 Å². The number of pyridine rings is 1. The Hall–Kier alpha value is -2.11. The maximum Gasteiger partial charge on any atom is 0.127 e. The van der Waals surface area contributed by atoms with Crippen LogP contribution in [0, 0.1) is 11.8 Å². The summed E-state index contributed by atoms with van der Waals surface area (Å²) in [5.74, 6) is 2.13. The molecule has 0 amide bonds. The smallest absolute Gasteiger partial charge is 0.127 e. The lowest BCUT2D eigenvalue weighted by atomic mass is 9.63. The van der Waals surface area contributed by atoms with Crippen molar-refractivity contribution in [2.45, 2.75) is 31.4 Å². The molecular formula is C22H28N2O3. The first-order chi connectivity index (χ1) is 13.1. The van der Waals surface area contributed by atoms with E-state index in [1.54, 1.807) is 20.4 Å². The van der Waals surface area contributed by atoms with E-state index in [2.05, 4.69) is 16.0 Å². The Morgan fingerprint density at radius 1 is 1.15 bits per heavy atom. The van der Waals surface area contributed by atoms with E-state index in [4.69, 9.17) is 9.47 Å². The van der Waals surface area contributed by atoms with Crippen LogP contribution < -0.4 is 9.47 Å². The van der Waals surface area contributed by atoms with Gasteiger partial charge in [-0.05, 0) is 25.0 Å². The lowest BCUT2D eigenvalue weighted by Gasteiger charge is -2.53. The number of rotatable bonds is 5. The van der Waals surface area contributed by atoms with Crippen molar-refractivity contribution in [3.05, 3.63) is 53.9 Å². The molecule has 2 aliphatic rings. The van der Waals surface area contributed by atoms with Gasteiger partial charge in [-0.25, -0.2) is 0 Å². The number of aromatic nitrogens is 1. The van der Waals surface area contributed by atoms with Crippen molar-refractivity contribution in [3.8, 4) is 11.5 Å². The maximum atomic E-state index is 11.7. The Morgan fingerprint density at radius 2 is 1.93 bits per heavy atom. The molecule has 2 aromatic rings. The van der Waals surface area contributed by atoms with Crippen molar-refractivity contribution in [2.75, 3.05) is 27.3 Å². The summed E-state index contributed by atoms with van der Waals surface area (Å²) in [5, 5.41) is 11.7. The molecular weight excluding hydrogens is 340 g/mol. The summed E-state index contributed by atoms with van der Waals surface area (Å²) in [6.07, 6.45) is 6.91. The number of likely N-dealkylation sites (tertiary alicyclic amines) is 1. The van der Waals surface area contributed by atoms with Crippen LogP contribution in [0.25, 0.3) is 0 Å². The predicted octanol–water partition coefficient (Wildman–Crippen LogP) is 3.22. The van der Waals surface area contributed by atoms with Gasteiger partial charge < -0.3 is 14.6 Å². The molecule has 144 valence electrons. The molecule has 2 bridgehead atoms. The third-order valence-electron chi connectivity index (χ3n) is 6.32. The summed E-state index contributed by atoms with van der Waals surface area (Å²) >= 11 is 0. The highest BCUT2D eigenvalue weighted by atomic mass is 16.5. The normalized spacial score (nSPS) is 28.0. The second-order valence-corrected chi connectivity index (χ2v) is 7.76. The average Bonchev–Trinajstić information content (AvgIpc) is 2.69. The third-order valence-corrected chi connectivity index (χ3v) is 6.32. The zero-order valence-corrected chi connectivity index (χ0v) is 16.1. The highest BCUT2D eigenvalue weighted by Crippen LogP contribution is 2.49. The van der Waals surface area contributed by atoms with Crippen molar-refractivity contribution in [1.29, 1.82) is 0 Å². The summed E-state index contributed by atoms with van der Waals surface area (Å²) in [4.78, 5) is 6.72. The van der Waals surface area contributed by atoms with Gasteiger partial charge in [0.15, 0.2) is 0 Å². The van der Waals surface area contributed by atoms with Crippen LogP contribution in [0.5, 0.6) is 11.5 Å². The van der Waals surface area contributed by atoms with Gasteiger partial charge in [0.05, 0.1) is 19.8 Å². The fraction of sp³-hybridized carbons (Fsp3) is 0.500. The molecule has 2 fully saturated rings. The highest BCUT2D eigenvalue weighted by molar-refractivity contribution is 5.40. The van der Waals surface area contributed by atoms with Crippen LogP contribution in [0.4, 0.5) is 0 Å². The molecule has 5 nitrogen and oxygen atoms in total. The van der Waals surface area contributed by atoms with Gasteiger partial charge in [-0.3, -0.25) is 9.88 Å². The first kappa shape index (κ1) is 18.3. The standard InChI is InChI=1S/C22H28N2O3/c1-26-20-9-8-16(21(11-20)27-2)13-24-14-18-5-3-6-19(15-24)22(18,25)17-7-4-10-23-12-17/h4,7-12,18-19,25H,3,5-6,13-15H2,1-2H3/t18-,19+,22?. The average molecular weight is 368 g/mol. The monoisotopic (exact) mass is 368 g/mol. The minimum Gasteiger partial charge on any atom is -0.497 e. The van der Waals surface area contributed by atoms with Crippen molar-refractivity contribution in [2.24, 2.45) is 11.8 Å². The second kappa shape index (κ2) is 7.49. The Kier molecular flexibility index (Phi) is 5.06. The highest BCUT2D eigenvalue weighted by Gasteiger charge is 2.51. The summed E-state index contributed by atoms with van der Waals surface area (Å²) in [6, 6.07) is 9.95. The molecule has 1 aliphatic heterocycles. The molecule has 1 aliphatic carbocycles. The Morgan fingerprint density at radius 3 is 2.56 bits per heavy atom. The van der Waals surface area contributed by atoms with E-state index in [1.807, 2.05) is 30.5 Å². The first-order valence-corrected chi connectivity index (χ1v) is 9.71. The predicted molar refractivity (Wildman–Crippen MR) is 104 cm³/mol. The molecule has 4 rings (SSSR count). The summed E-state index contributed by atoms with van der Waals surface area (Å²) in [7, 11) is 3.36. The summed E-state index contributed by atoms with van der Waals surface area (Å²) in [5.41, 5.74) is 1.37. The number of methoxy groups -OCH3 is 2. The molecule has 1 unspecified atom stereocenters. The van der Waals surface area contributed by atoms with Crippen LogP contribution in [0.2, 0.25) is 0 Å². The summed E-state index contributed by atoms with van der Waals surface area (Å²) in [6.45, 7) is 2.59. The Bertz CT molecular complexity index is 766. The quantitative estimate of drug-likeness (QED) is 0.878. The van der Waals surface area contributed by atoms with E-state index in [9.17, 15) is 5.11 Å². The van der Waals surface area contributed by atoms with E-state index >= 15 is 0 Å². The van der Waals surface area contributed by atoms with Gasteiger partial charge in [-0.15, -0.1) is 0 Å². The number of piperidine rings is 1. The minimum atomic E-state index is -0.757. The SMILES string of the molecule is COc1ccc(CN2C[C@H]3CCC[C@@H](C2)C3(O)c2cccnc2)c(OC)c1. The molecule has 0 radical (unpaired) electrons. The molecule has 3 atom stereocenters. The number of hydrogen-bond donors (Lipinski definition) is 1. The van der Waals surface area contributed by atoms with E-state index in [0.717, 1.165) is 55.1 Å². The number of ether oxygens (including phenoxy) is 2. The maximum absolute atomic E-state index is 11.7. The van der Waals surface area contributed by atoms with E-state index in [0.29, 0.717) is 0 Å². The van der Waals surface area contributed by atoms with Crippen LogP contribution in [0.15, 0.2) is 42.7 Å². The molecule has 1 aromatic carbocycles. The van der Waals surface area contributed by atoms with Crippen molar-refractivity contribution < 1.29 is 14.6 Å². The van der Waals surface area contributed by atoms with Crippen LogP contribution in [0.3, 0.4) is 0 Å². The zero-order valence-electron chi connectivity index (χ0n) is 16.1. The van der Waals surface area contributed by atoms with Gasteiger partial charge in [0.25, 0.3) is 0 Å². The zero-order chi connectivity index (χ0) is 18.9. The number of aliphatic hydroxyl groups is 1. The van der Waals surface area contributed by atoms with Gasteiger partial charge in [0, 0.05) is 61.1 Å². The molecule has 1 saturated heterocycles. The molecule has 1 N–H and O–H groups in total. The number of benzene rings is 1. The molecule has 1 saturated carbocycles. The van der Waals surface area contributed by atoms with Crippen molar-refractivity contribution >= 4 is 0 Å². The number of hydrogen-bond acceptors (Lipinski definition) is 5. The Labute approximate surface area is 160 Å². The molecule has 2 heterocycles. The lowest BCUT2D eigenvalue weighted by Crippen LogP contribution is -2.57. The van der Waals surface area contributed by atoms with Gasteiger partial charge in [-0.2, -0.15) is 0 Å². The van der Waals surface area contributed by atoms with Crippen molar-refractivity contribution in [3.63, 3.8) is 0 Å². The van der Waals surface area contributed by atoms with Gasteiger partial charge in [0.1, 0.15) is 11.5 Å². The fourth-order valence-corrected chi connectivity index (χ4v) is 4.97. The number of fused-ring (bicyclic) bond motifs is 2. The van der Waals surface area contributed by atoms with Crippen LogP contribution in [0.1, 0.15) is 30.4 Å². The Balaban J connectivity index is 1.56. The molecule has 0 spiro atoms. The van der Waals surface area contributed by atoms with Crippen molar-refractivity contribution in [1.82, 2.24) is 9.88 Å². The number of nitrogens with zero attached hydrogens (tertiary/aromatic N) is 2. The van der Waals surface area contributed by atoms with Crippen LogP contribution >= 0.6 is 0 Å². The second-order valence-electron chi connectivity index (χ2n) is 7.76. The topological polar surface area (TPSA) is 54.8 Å². The van der Waals surface area contributed by atoms with E-state index in [-0.39, 0.29) is 11.8 Å². The minimum absolute atomic E-state index is 0.235. The van der Waals surface area contributed by atoms with E-state index in [1.165, 1.54) is 6.42 Å². The van der Waals surface area contributed by atoms with Gasteiger partial charge >= 0.3 is 0 Å².